The van der Waals surface area contributed by atoms with E-state index < -0.39 is 12.0 Å². The summed E-state index contributed by atoms with van der Waals surface area (Å²) in [4.78, 5) is 28.3. The van der Waals surface area contributed by atoms with Gasteiger partial charge in [0, 0.05) is 25.5 Å². The topological polar surface area (TPSA) is 97.0 Å². The Kier molecular flexibility index (Phi) is 6.60. The fourth-order valence-electron chi connectivity index (χ4n) is 3.28. The molecule has 152 valence electrons. The van der Waals surface area contributed by atoms with E-state index in [0.717, 1.165) is 16.8 Å². The Morgan fingerprint density at radius 2 is 1.87 bits per heavy atom. The van der Waals surface area contributed by atoms with E-state index in [2.05, 4.69) is 16.4 Å². The molecule has 30 heavy (non-hydrogen) atoms. The molecule has 0 radical (unpaired) electrons. The SMILES string of the molecule is COC(=O)C(Cc1ncn(Cc2ccccc2)c1-c1ccc(C#N)cc1)NC(C)=O. The summed E-state index contributed by atoms with van der Waals surface area (Å²) >= 11 is 0. The van der Waals surface area contributed by atoms with E-state index in [0.29, 0.717) is 17.8 Å². The molecule has 0 aliphatic carbocycles. The second-order valence-corrected chi connectivity index (χ2v) is 6.82. The molecule has 1 unspecified atom stereocenters. The van der Waals surface area contributed by atoms with Crippen LogP contribution in [0.15, 0.2) is 60.9 Å². The molecule has 0 fully saturated rings. The lowest BCUT2D eigenvalue weighted by atomic mass is 10.0. The van der Waals surface area contributed by atoms with Crippen LogP contribution in [-0.4, -0.2) is 34.6 Å². The molecule has 0 bridgehead atoms. The maximum atomic E-state index is 12.2. The van der Waals surface area contributed by atoms with Crippen LogP contribution in [0, 0.1) is 11.3 Å². The Morgan fingerprint density at radius 3 is 2.47 bits per heavy atom. The average Bonchev–Trinajstić information content (AvgIpc) is 3.15. The van der Waals surface area contributed by atoms with Gasteiger partial charge < -0.3 is 14.6 Å². The zero-order chi connectivity index (χ0) is 21.5. The van der Waals surface area contributed by atoms with Gasteiger partial charge in [0.15, 0.2) is 0 Å². The highest BCUT2D eigenvalue weighted by atomic mass is 16.5. The lowest BCUT2D eigenvalue weighted by molar-refractivity contribution is -0.144. The van der Waals surface area contributed by atoms with Crippen molar-refractivity contribution >= 4 is 11.9 Å². The Balaban J connectivity index is 2.02. The molecule has 0 saturated carbocycles. The van der Waals surface area contributed by atoms with Crippen LogP contribution >= 0.6 is 0 Å². The molecular formula is C23H22N4O3. The first-order valence-electron chi connectivity index (χ1n) is 9.45. The summed E-state index contributed by atoms with van der Waals surface area (Å²) in [7, 11) is 1.28. The number of hydrogen-bond donors (Lipinski definition) is 1. The monoisotopic (exact) mass is 402 g/mol. The van der Waals surface area contributed by atoms with Gasteiger partial charge >= 0.3 is 5.97 Å². The number of carbonyl (C=O) groups excluding carboxylic acids is 2. The standard InChI is InChI=1S/C23H22N4O3/c1-16(28)26-21(23(29)30-2)12-20-22(19-10-8-17(13-24)9-11-19)27(15-25-20)14-18-6-4-3-5-7-18/h3-11,15,21H,12,14H2,1-2H3,(H,26,28). The van der Waals surface area contributed by atoms with E-state index >= 15 is 0 Å². The smallest absolute Gasteiger partial charge is 0.328 e. The van der Waals surface area contributed by atoms with Gasteiger partial charge in [0.05, 0.1) is 36.5 Å². The molecule has 0 aliphatic heterocycles. The molecule has 7 nitrogen and oxygen atoms in total. The van der Waals surface area contributed by atoms with Gasteiger partial charge in [0.2, 0.25) is 5.91 Å². The number of methoxy groups -OCH3 is 1. The lowest BCUT2D eigenvalue weighted by Gasteiger charge is -2.16. The van der Waals surface area contributed by atoms with Crippen molar-refractivity contribution < 1.29 is 14.3 Å². The van der Waals surface area contributed by atoms with Crippen molar-refractivity contribution in [3.05, 3.63) is 77.7 Å². The number of nitrogens with zero attached hydrogens (tertiary/aromatic N) is 3. The van der Waals surface area contributed by atoms with Gasteiger partial charge in [-0.25, -0.2) is 9.78 Å². The third-order valence-corrected chi connectivity index (χ3v) is 4.66. The van der Waals surface area contributed by atoms with E-state index in [1.165, 1.54) is 14.0 Å². The Labute approximate surface area is 174 Å². The maximum absolute atomic E-state index is 12.2. The molecule has 1 heterocycles. The number of benzene rings is 2. The second-order valence-electron chi connectivity index (χ2n) is 6.82. The van der Waals surface area contributed by atoms with Crippen LogP contribution in [0.5, 0.6) is 0 Å². The van der Waals surface area contributed by atoms with Gasteiger partial charge in [0.25, 0.3) is 0 Å². The van der Waals surface area contributed by atoms with Gasteiger partial charge in [-0.15, -0.1) is 0 Å². The van der Waals surface area contributed by atoms with Crippen molar-refractivity contribution in [1.29, 1.82) is 5.26 Å². The first kappa shape index (κ1) is 20.8. The molecule has 1 N–H and O–H groups in total. The quantitative estimate of drug-likeness (QED) is 0.613. The van der Waals surface area contributed by atoms with Crippen molar-refractivity contribution in [3.63, 3.8) is 0 Å². The van der Waals surface area contributed by atoms with Gasteiger partial charge in [-0.1, -0.05) is 42.5 Å². The zero-order valence-electron chi connectivity index (χ0n) is 16.8. The predicted octanol–water partition coefficient (Wildman–Crippen LogP) is 2.69. The summed E-state index contributed by atoms with van der Waals surface area (Å²) in [5.41, 5.74) is 3.99. The van der Waals surface area contributed by atoms with Crippen molar-refractivity contribution in [2.24, 2.45) is 0 Å². The van der Waals surface area contributed by atoms with Gasteiger partial charge in [0.1, 0.15) is 6.04 Å². The number of imidazole rings is 1. The number of nitriles is 1. The van der Waals surface area contributed by atoms with E-state index in [9.17, 15) is 9.59 Å². The molecule has 1 atom stereocenters. The first-order chi connectivity index (χ1) is 14.5. The van der Waals surface area contributed by atoms with Crippen LogP contribution in [0.1, 0.15) is 23.7 Å². The molecule has 0 aliphatic rings. The number of nitrogens with one attached hydrogen (secondary N) is 1. The summed E-state index contributed by atoms with van der Waals surface area (Å²) in [6, 6.07) is 18.4. The molecule has 3 aromatic rings. The zero-order valence-corrected chi connectivity index (χ0v) is 16.8. The summed E-state index contributed by atoms with van der Waals surface area (Å²) in [5.74, 6) is -0.859. The van der Waals surface area contributed by atoms with Crippen LogP contribution in [0.25, 0.3) is 11.3 Å². The van der Waals surface area contributed by atoms with Crippen molar-refractivity contribution in [3.8, 4) is 17.3 Å². The van der Waals surface area contributed by atoms with Crippen LogP contribution in [0.2, 0.25) is 0 Å². The predicted molar refractivity (Wildman–Crippen MR) is 111 cm³/mol. The van der Waals surface area contributed by atoms with Crippen molar-refractivity contribution in [1.82, 2.24) is 14.9 Å². The molecule has 7 heteroatoms. The van der Waals surface area contributed by atoms with Gasteiger partial charge in [-0.3, -0.25) is 4.79 Å². The summed E-state index contributed by atoms with van der Waals surface area (Å²) in [6.07, 6.45) is 1.90. The summed E-state index contributed by atoms with van der Waals surface area (Å²) < 4.78 is 6.83. The minimum absolute atomic E-state index is 0.184. The number of hydrogen-bond acceptors (Lipinski definition) is 5. The summed E-state index contributed by atoms with van der Waals surface area (Å²) in [5, 5.41) is 11.7. The first-order valence-corrected chi connectivity index (χ1v) is 9.45. The van der Waals surface area contributed by atoms with Crippen LogP contribution < -0.4 is 5.32 Å². The Morgan fingerprint density at radius 1 is 1.17 bits per heavy atom. The normalized spacial score (nSPS) is 11.4. The van der Waals surface area contributed by atoms with Crippen molar-refractivity contribution in [2.45, 2.75) is 25.9 Å². The highest BCUT2D eigenvalue weighted by molar-refractivity contribution is 5.83. The Hall–Kier alpha value is -3.92. The average molecular weight is 402 g/mol. The number of carbonyl (C=O) groups is 2. The highest BCUT2D eigenvalue weighted by Crippen LogP contribution is 2.26. The van der Waals surface area contributed by atoms with E-state index in [1.54, 1.807) is 18.5 Å². The molecule has 1 aromatic heterocycles. The number of esters is 1. The van der Waals surface area contributed by atoms with Crippen LogP contribution in [0.3, 0.4) is 0 Å². The number of ether oxygens (including phenoxy) is 1. The third-order valence-electron chi connectivity index (χ3n) is 4.66. The highest BCUT2D eigenvalue weighted by Gasteiger charge is 2.25. The molecule has 1 amide bonds. The third kappa shape index (κ3) is 4.92. The number of rotatable bonds is 7. The van der Waals surface area contributed by atoms with E-state index in [-0.39, 0.29) is 12.3 Å². The molecular weight excluding hydrogens is 380 g/mol. The molecule has 0 saturated heterocycles. The van der Waals surface area contributed by atoms with Crippen LogP contribution in [0.4, 0.5) is 0 Å². The fourth-order valence-corrected chi connectivity index (χ4v) is 3.28. The Bertz CT molecular complexity index is 1070. The molecule has 2 aromatic carbocycles. The number of aromatic nitrogens is 2. The van der Waals surface area contributed by atoms with E-state index in [4.69, 9.17) is 10.00 Å². The van der Waals surface area contributed by atoms with Crippen molar-refractivity contribution in [2.75, 3.05) is 7.11 Å². The van der Waals surface area contributed by atoms with Gasteiger partial charge in [-0.05, 0) is 17.7 Å². The maximum Gasteiger partial charge on any atom is 0.328 e. The van der Waals surface area contributed by atoms with E-state index in [1.807, 2.05) is 47.0 Å². The second kappa shape index (κ2) is 9.52. The fraction of sp³-hybridized carbons (Fsp3) is 0.217. The van der Waals surface area contributed by atoms with Crippen LogP contribution in [-0.2, 0) is 27.3 Å². The minimum Gasteiger partial charge on any atom is -0.467 e. The lowest BCUT2D eigenvalue weighted by Crippen LogP contribution is -2.42. The minimum atomic E-state index is -0.843. The van der Waals surface area contributed by atoms with Gasteiger partial charge in [-0.2, -0.15) is 5.26 Å². The largest absolute Gasteiger partial charge is 0.467 e. The molecule has 0 spiro atoms. The summed E-state index contributed by atoms with van der Waals surface area (Å²) in [6.45, 7) is 1.94. The molecule has 3 rings (SSSR count). The number of amides is 1.